The molecule has 19 heteroatoms. The second kappa shape index (κ2) is 73.7. The Bertz CT molecular complexity index is 2600. The van der Waals surface area contributed by atoms with Gasteiger partial charge in [0.2, 0.25) is 0 Å². The molecule has 5 atom stereocenters. The van der Waals surface area contributed by atoms with E-state index < -0.39 is 97.5 Å². The molecule has 0 bridgehead atoms. The van der Waals surface area contributed by atoms with Gasteiger partial charge in [0.1, 0.15) is 19.3 Å². The van der Waals surface area contributed by atoms with E-state index in [-0.39, 0.29) is 25.7 Å². The molecule has 0 aliphatic heterocycles. The van der Waals surface area contributed by atoms with Crippen molar-refractivity contribution < 1.29 is 80.2 Å². The largest absolute Gasteiger partial charge is 0.472 e. The maximum atomic E-state index is 13.1. The summed E-state index contributed by atoms with van der Waals surface area (Å²) in [4.78, 5) is 72.9. The number of ether oxygens (including phenoxy) is 4. The lowest BCUT2D eigenvalue weighted by Crippen LogP contribution is -2.30. The van der Waals surface area contributed by atoms with E-state index in [0.29, 0.717) is 32.1 Å². The molecule has 0 heterocycles. The summed E-state index contributed by atoms with van der Waals surface area (Å²) in [6, 6.07) is 0. The zero-order valence-electron chi connectivity index (χ0n) is 63.0. The standard InChI is InChI=1S/C83H134O17P2/c1-5-9-13-17-21-25-29-32-35-38-41-44-48-51-55-59-63-67-80(85)93-73-78(99-82(87)69-65-61-57-53-47-28-24-20-16-12-8-4)75-97-101(89,90)95-71-77(84)72-96-102(91,92)98-76-79(100-83(88)70-66-62-58-54-50-46-43-40-37-34-31-27-23-19-15-11-7-3)74-94-81(86)68-64-60-56-52-49-45-42-39-36-33-30-26-22-18-14-10-6-2/h9-11,13-15,20-27,32-37,41-46,51,55,77-79,84H,5-8,12,16-19,28-31,38-40,47-50,52-54,56-76H2,1-4H3,(H,89,90)(H,91,92)/b13-9-,14-10-,15-11-,24-20-,25-21-,26-22-,27-23-,35-32-,36-33-,37-34-,44-41-,45-42-,46-43-,55-51-. The van der Waals surface area contributed by atoms with Gasteiger partial charge in [-0.25, -0.2) is 9.13 Å². The zero-order chi connectivity index (χ0) is 74.6. The van der Waals surface area contributed by atoms with E-state index in [2.05, 4.69) is 186 Å². The van der Waals surface area contributed by atoms with Gasteiger partial charge in [0, 0.05) is 25.7 Å². The molecule has 102 heavy (non-hydrogen) atoms. The zero-order valence-corrected chi connectivity index (χ0v) is 64.8. The van der Waals surface area contributed by atoms with Gasteiger partial charge in [0.25, 0.3) is 0 Å². The number of hydrogen-bond acceptors (Lipinski definition) is 15. The Labute approximate surface area is 616 Å². The van der Waals surface area contributed by atoms with Crippen molar-refractivity contribution in [2.75, 3.05) is 39.6 Å². The van der Waals surface area contributed by atoms with Crippen molar-refractivity contribution in [3.63, 3.8) is 0 Å². The summed E-state index contributed by atoms with van der Waals surface area (Å²) < 4.78 is 68.4. The average Bonchev–Trinajstić information content (AvgIpc) is 0.923. The smallest absolute Gasteiger partial charge is 0.462 e. The minimum absolute atomic E-state index is 0.0536. The van der Waals surface area contributed by atoms with E-state index >= 15 is 0 Å². The van der Waals surface area contributed by atoms with Gasteiger partial charge in [0.15, 0.2) is 12.2 Å². The van der Waals surface area contributed by atoms with Crippen LogP contribution in [0.4, 0.5) is 0 Å². The molecule has 0 radical (unpaired) electrons. The fourth-order valence-electron chi connectivity index (χ4n) is 9.39. The number of phosphoric ester groups is 2. The van der Waals surface area contributed by atoms with E-state index in [1.54, 1.807) is 0 Å². The number of carbonyl (C=O) groups is 4. The second-order valence-electron chi connectivity index (χ2n) is 24.8. The Balaban J connectivity index is 5.45. The van der Waals surface area contributed by atoms with Gasteiger partial charge in [-0.15, -0.1) is 0 Å². The Morgan fingerprint density at radius 1 is 0.284 bits per heavy atom. The third-order valence-corrected chi connectivity index (χ3v) is 17.1. The quantitative estimate of drug-likeness (QED) is 0.0169. The number of aliphatic hydroxyl groups excluding tert-OH is 1. The average molecular weight is 1470 g/mol. The van der Waals surface area contributed by atoms with Crippen molar-refractivity contribution in [2.45, 2.75) is 290 Å². The van der Waals surface area contributed by atoms with Crippen LogP contribution in [0.1, 0.15) is 272 Å². The first-order valence-corrected chi connectivity index (χ1v) is 41.4. The number of aliphatic hydroxyl groups is 1. The Morgan fingerprint density at radius 3 is 0.833 bits per heavy atom. The fraction of sp³-hybridized carbons (Fsp3) is 0.614. The molecule has 0 aliphatic rings. The van der Waals surface area contributed by atoms with Gasteiger partial charge in [0.05, 0.1) is 26.4 Å². The number of rotatable bonds is 70. The highest BCUT2D eigenvalue weighted by Gasteiger charge is 2.30. The van der Waals surface area contributed by atoms with Crippen molar-refractivity contribution in [3.05, 3.63) is 170 Å². The number of hydrogen-bond donors (Lipinski definition) is 3. The maximum Gasteiger partial charge on any atom is 0.472 e. The van der Waals surface area contributed by atoms with Crippen LogP contribution in [-0.2, 0) is 65.4 Å². The van der Waals surface area contributed by atoms with Crippen LogP contribution >= 0.6 is 15.6 Å². The highest BCUT2D eigenvalue weighted by Crippen LogP contribution is 2.45. The van der Waals surface area contributed by atoms with Crippen molar-refractivity contribution in [3.8, 4) is 0 Å². The fourth-order valence-corrected chi connectivity index (χ4v) is 11.0. The number of allylic oxidation sites excluding steroid dienone is 28. The van der Waals surface area contributed by atoms with E-state index in [0.717, 1.165) is 180 Å². The minimum atomic E-state index is -5.00. The first-order valence-electron chi connectivity index (χ1n) is 38.4. The van der Waals surface area contributed by atoms with Crippen molar-refractivity contribution >= 4 is 39.5 Å². The molecule has 0 rings (SSSR count). The third kappa shape index (κ3) is 72.8. The highest BCUT2D eigenvalue weighted by atomic mass is 31.2. The lowest BCUT2D eigenvalue weighted by molar-refractivity contribution is -0.161. The molecule has 17 nitrogen and oxygen atoms in total. The molecule has 0 fully saturated rings. The van der Waals surface area contributed by atoms with Crippen LogP contribution in [0.2, 0.25) is 0 Å². The van der Waals surface area contributed by atoms with Crippen LogP contribution in [-0.4, -0.2) is 96.7 Å². The molecule has 0 aromatic rings. The number of carbonyl (C=O) groups excluding carboxylic acids is 4. The molecule has 0 aliphatic carbocycles. The predicted molar refractivity (Wildman–Crippen MR) is 417 cm³/mol. The van der Waals surface area contributed by atoms with E-state index in [4.69, 9.17) is 37.0 Å². The molecule has 578 valence electrons. The molecular formula is C83H134O17P2. The van der Waals surface area contributed by atoms with Crippen molar-refractivity contribution in [2.24, 2.45) is 0 Å². The molecular weight excluding hydrogens is 1330 g/mol. The van der Waals surface area contributed by atoms with E-state index in [1.165, 1.54) is 6.42 Å². The lowest BCUT2D eigenvalue weighted by atomic mass is 10.1. The lowest BCUT2D eigenvalue weighted by Gasteiger charge is -2.21. The van der Waals surface area contributed by atoms with E-state index in [1.807, 2.05) is 12.2 Å². The Hall–Kier alpha value is -5.58. The summed E-state index contributed by atoms with van der Waals surface area (Å²) in [7, 11) is -10.00. The first kappa shape index (κ1) is 96.4. The van der Waals surface area contributed by atoms with Gasteiger partial charge in [-0.2, -0.15) is 0 Å². The van der Waals surface area contributed by atoms with Crippen LogP contribution in [0.5, 0.6) is 0 Å². The number of unbranched alkanes of at least 4 members (excludes halogenated alkanes) is 16. The molecule has 3 N–H and O–H groups in total. The minimum Gasteiger partial charge on any atom is -0.462 e. The third-order valence-electron chi connectivity index (χ3n) is 15.2. The van der Waals surface area contributed by atoms with Crippen LogP contribution < -0.4 is 0 Å². The van der Waals surface area contributed by atoms with Crippen LogP contribution in [0.15, 0.2) is 170 Å². The van der Waals surface area contributed by atoms with Gasteiger partial charge < -0.3 is 33.8 Å². The highest BCUT2D eigenvalue weighted by molar-refractivity contribution is 7.47. The summed E-state index contributed by atoms with van der Waals surface area (Å²) in [5.41, 5.74) is 0. The molecule has 0 aromatic carbocycles. The molecule has 0 spiro atoms. The monoisotopic (exact) mass is 1460 g/mol. The molecule has 0 saturated carbocycles. The van der Waals surface area contributed by atoms with Gasteiger partial charge in [-0.05, 0) is 161 Å². The Kier molecular flexibility index (Phi) is 69.7. The SMILES string of the molecule is CC/C=C\C/C=C\C/C=C\C/C=C\C/C=C\CCCC(=O)OCC(COP(=O)(O)OCC(O)COP(=O)(O)OCC(COC(=O)CCCCCC/C=C\C/C=C\C/C=C\C/C=C\CC)OC(=O)CCCCCC/C=C\C/C=C\C/C=C\C/C=C\CC)OC(=O)CCCCCCC/C=C\CCCC. The summed E-state index contributed by atoms with van der Waals surface area (Å²) in [5, 5.41) is 10.6. The van der Waals surface area contributed by atoms with Gasteiger partial charge in [-0.1, -0.05) is 256 Å². The van der Waals surface area contributed by atoms with Crippen LogP contribution in [0, 0.1) is 0 Å². The number of esters is 4. The summed E-state index contributed by atoms with van der Waals surface area (Å²) in [5.74, 6) is -2.32. The molecule has 0 aromatic heterocycles. The summed E-state index contributed by atoms with van der Waals surface area (Å²) in [6.07, 6.45) is 86.4. The number of phosphoric acid groups is 2. The van der Waals surface area contributed by atoms with Gasteiger partial charge in [-0.3, -0.25) is 37.3 Å². The summed E-state index contributed by atoms with van der Waals surface area (Å²) >= 11 is 0. The molecule has 0 amide bonds. The van der Waals surface area contributed by atoms with Crippen molar-refractivity contribution in [1.29, 1.82) is 0 Å². The second-order valence-corrected chi connectivity index (χ2v) is 27.7. The van der Waals surface area contributed by atoms with Crippen molar-refractivity contribution in [1.82, 2.24) is 0 Å². The van der Waals surface area contributed by atoms with E-state index in [9.17, 15) is 43.2 Å². The predicted octanol–water partition coefficient (Wildman–Crippen LogP) is 22.2. The first-order chi connectivity index (χ1) is 49.7. The molecule has 0 saturated heterocycles. The summed E-state index contributed by atoms with van der Waals surface area (Å²) in [6.45, 7) is 4.33. The Morgan fingerprint density at radius 2 is 0.520 bits per heavy atom. The van der Waals surface area contributed by atoms with Crippen LogP contribution in [0.3, 0.4) is 0 Å². The van der Waals surface area contributed by atoms with Gasteiger partial charge >= 0.3 is 39.5 Å². The molecule has 5 unspecified atom stereocenters. The maximum absolute atomic E-state index is 13.1. The normalized spacial score (nSPS) is 14.9. The topological polar surface area (TPSA) is 237 Å². The van der Waals surface area contributed by atoms with Crippen LogP contribution in [0.25, 0.3) is 0 Å².